The molecule has 0 aliphatic rings. The van der Waals surface area contributed by atoms with Gasteiger partial charge in [0.05, 0.1) is 0 Å². The maximum absolute atomic E-state index is 11.3. The number of pyridine rings is 1. The van der Waals surface area contributed by atoms with E-state index in [2.05, 4.69) is 20.3 Å². The largest absolute Gasteiger partial charge is 0.350 e. The predicted octanol–water partition coefficient (Wildman–Crippen LogP) is 1.20. The number of nitrogens with zero attached hydrogens (tertiary/aromatic N) is 3. The fourth-order valence-corrected chi connectivity index (χ4v) is 2.01. The molecular weight excluding hydrogens is 264 g/mol. The fourth-order valence-electron chi connectivity index (χ4n) is 1.45. The molecule has 19 heavy (non-hydrogen) atoms. The van der Waals surface area contributed by atoms with Crippen LogP contribution in [0.5, 0.6) is 0 Å². The number of hydrogen-bond acceptors (Lipinski definition) is 6. The average molecular weight is 278 g/mol. The van der Waals surface area contributed by atoms with Gasteiger partial charge in [-0.25, -0.2) is 23.4 Å². The first-order valence-corrected chi connectivity index (χ1v) is 7.53. The number of nitrogens with one attached hydrogen (secondary N) is 1. The first kappa shape index (κ1) is 13.4. The highest BCUT2D eigenvalue weighted by Crippen LogP contribution is 2.08. The summed E-state index contributed by atoms with van der Waals surface area (Å²) in [6.07, 6.45) is 4.34. The third-order valence-corrected chi connectivity index (χ3v) is 3.42. The van der Waals surface area contributed by atoms with Crippen molar-refractivity contribution in [1.29, 1.82) is 0 Å². The maximum atomic E-state index is 11.3. The zero-order chi connectivity index (χ0) is 13.9. The van der Waals surface area contributed by atoms with Crippen molar-refractivity contribution in [1.82, 2.24) is 15.0 Å². The van der Waals surface area contributed by atoms with Gasteiger partial charge in [-0.05, 0) is 24.6 Å². The molecule has 2 heterocycles. The SMILES string of the molecule is Cc1ccnc(NCc2ccc(S(C)(=O)=O)nc2)n1. The number of aryl methyl sites for hydroxylation is 1. The molecule has 0 unspecified atom stereocenters. The molecule has 100 valence electrons. The minimum Gasteiger partial charge on any atom is -0.350 e. The van der Waals surface area contributed by atoms with E-state index in [9.17, 15) is 8.42 Å². The Morgan fingerprint density at radius 2 is 2.00 bits per heavy atom. The third-order valence-electron chi connectivity index (χ3n) is 2.42. The van der Waals surface area contributed by atoms with Gasteiger partial charge in [-0.2, -0.15) is 0 Å². The molecule has 0 amide bonds. The summed E-state index contributed by atoms with van der Waals surface area (Å²) in [5.41, 5.74) is 1.74. The summed E-state index contributed by atoms with van der Waals surface area (Å²) >= 11 is 0. The van der Waals surface area contributed by atoms with Crippen LogP contribution in [0, 0.1) is 6.92 Å². The molecule has 6 nitrogen and oxygen atoms in total. The van der Waals surface area contributed by atoms with E-state index >= 15 is 0 Å². The van der Waals surface area contributed by atoms with Gasteiger partial charge in [0, 0.05) is 30.9 Å². The maximum Gasteiger partial charge on any atom is 0.223 e. The molecule has 0 aliphatic carbocycles. The van der Waals surface area contributed by atoms with Gasteiger partial charge in [-0.1, -0.05) is 6.07 Å². The number of hydrogen-bond donors (Lipinski definition) is 1. The minimum absolute atomic E-state index is 0.0723. The van der Waals surface area contributed by atoms with Crippen LogP contribution in [0.15, 0.2) is 35.6 Å². The van der Waals surface area contributed by atoms with Crippen LogP contribution in [-0.2, 0) is 16.4 Å². The van der Waals surface area contributed by atoms with E-state index in [4.69, 9.17) is 0 Å². The van der Waals surface area contributed by atoms with Crippen LogP contribution in [0.1, 0.15) is 11.3 Å². The number of sulfone groups is 1. The summed E-state index contributed by atoms with van der Waals surface area (Å²) in [6.45, 7) is 2.37. The number of aromatic nitrogens is 3. The molecular formula is C12H14N4O2S. The number of anilines is 1. The van der Waals surface area contributed by atoms with Gasteiger partial charge in [0.15, 0.2) is 14.9 Å². The summed E-state index contributed by atoms with van der Waals surface area (Å²) in [5.74, 6) is 0.534. The lowest BCUT2D eigenvalue weighted by Gasteiger charge is -2.05. The monoisotopic (exact) mass is 278 g/mol. The van der Waals surface area contributed by atoms with Crippen LogP contribution in [0.4, 0.5) is 5.95 Å². The van der Waals surface area contributed by atoms with E-state index in [0.717, 1.165) is 17.5 Å². The Labute approximate surface area is 111 Å². The summed E-state index contributed by atoms with van der Waals surface area (Å²) in [5, 5.41) is 3.12. The Morgan fingerprint density at radius 1 is 1.21 bits per heavy atom. The summed E-state index contributed by atoms with van der Waals surface area (Å²) in [7, 11) is -3.25. The summed E-state index contributed by atoms with van der Waals surface area (Å²) in [6, 6.07) is 5.02. The molecule has 0 atom stereocenters. The molecule has 2 aromatic rings. The van der Waals surface area contributed by atoms with Crippen molar-refractivity contribution >= 4 is 15.8 Å². The molecule has 0 aliphatic heterocycles. The Bertz CT molecular complexity index is 668. The fraction of sp³-hybridized carbons (Fsp3) is 0.250. The zero-order valence-corrected chi connectivity index (χ0v) is 11.5. The molecule has 0 radical (unpaired) electrons. The highest BCUT2D eigenvalue weighted by molar-refractivity contribution is 7.90. The van der Waals surface area contributed by atoms with Gasteiger partial charge in [0.2, 0.25) is 5.95 Å². The van der Waals surface area contributed by atoms with E-state index < -0.39 is 9.84 Å². The molecule has 0 saturated carbocycles. The van der Waals surface area contributed by atoms with Gasteiger partial charge in [0.1, 0.15) is 0 Å². The van der Waals surface area contributed by atoms with Gasteiger partial charge in [-0.15, -0.1) is 0 Å². The molecule has 1 N–H and O–H groups in total. The Kier molecular flexibility index (Phi) is 3.75. The van der Waals surface area contributed by atoms with Crippen molar-refractivity contribution in [2.75, 3.05) is 11.6 Å². The quantitative estimate of drug-likeness (QED) is 0.904. The molecule has 0 saturated heterocycles. The second-order valence-electron chi connectivity index (χ2n) is 4.15. The van der Waals surface area contributed by atoms with Crippen molar-refractivity contribution < 1.29 is 8.42 Å². The van der Waals surface area contributed by atoms with E-state index in [1.807, 2.05) is 13.0 Å². The van der Waals surface area contributed by atoms with Crippen LogP contribution in [0.3, 0.4) is 0 Å². The van der Waals surface area contributed by atoms with Crippen LogP contribution in [0.25, 0.3) is 0 Å². The Balaban J connectivity index is 2.05. The Morgan fingerprint density at radius 3 is 2.58 bits per heavy atom. The van der Waals surface area contributed by atoms with Crippen LogP contribution in [-0.4, -0.2) is 29.6 Å². The minimum atomic E-state index is -3.25. The topological polar surface area (TPSA) is 84.8 Å². The molecule has 0 fully saturated rings. The number of rotatable bonds is 4. The molecule has 2 aromatic heterocycles. The molecule has 0 spiro atoms. The molecule has 7 heteroatoms. The lowest BCUT2D eigenvalue weighted by molar-refractivity contribution is 0.598. The van der Waals surface area contributed by atoms with Gasteiger partial charge < -0.3 is 5.32 Å². The normalized spacial score (nSPS) is 11.3. The highest BCUT2D eigenvalue weighted by atomic mass is 32.2. The van der Waals surface area contributed by atoms with E-state index in [-0.39, 0.29) is 5.03 Å². The lowest BCUT2D eigenvalue weighted by atomic mass is 10.3. The van der Waals surface area contributed by atoms with Gasteiger partial charge >= 0.3 is 0 Å². The first-order valence-electron chi connectivity index (χ1n) is 5.64. The predicted molar refractivity (Wildman–Crippen MR) is 71.4 cm³/mol. The van der Waals surface area contributed by atoms with Gasteiger partial charge in [-0.3, -0.25) is 0 Å². The van der Waals surface area contributed by atoms with Gasteiger partial charge in [0.25, 0.3) is 0 Å². The van der Waals surface area contributed by atoms with E-state index in [1.54, 1.807) is 12.3 Å². The lowest BCUT2D eigenvalue weighted by Crippen LogP contribution is -2.05. The zero-order valence-electron chi connectivity index (χ0n) is 10.7. The Hall–Kier alpha value is -2.02. The second kappa shape index (κ2) is 5.31. The van der Waals surface area contributed by atoms with Crippen molar-refractivity contribution in [3.05, 3.63) is 41.9 Å². The molecule has 0 aromatic carbocycles. The van der Waals surface area contributed by atoms with Crippen LogP contribution < -0.4 is 5.32 Å². The molecule has 0 bridgehead atoms. The van der Waals surface area contributed by atoms with E-state index in [0.29, 0.717) is 12.5 Å². The van der Waals surface area contributed by atoms with Crippen LogP contribution >= 0.6 is 0 Å². The summed E-state index contributed by atoms with van der Waals surface area (Å²) < 4.78 is 22.5. The van der Waals surface area contributed by atoms with Crippen molar-refractivity contribution in [3.8, 4) is 0 Å². The molecule has 2 rings (SSSR count). The second-order valence-corrected chi connectivity index (χ2v) is 6.11. The van der Waals surface area contributed by atoms with Crippen molar-refractivity contribution in [2.24, 2.45) is 0 Å². The van der Waals surface area contributed by atoms with Crippen molar-refractivity contribution in [3.63, 3.8) is 0 Å². The van der Waals surface area contributed by atoms with E-state index in [1.165, 1.54) is 12.3 Å². The highest BCUT2D eigenvalue weighted by Gasteiger charge is 2.07. The van der Waals surface area contributed by atoms with Crippen LogP contribution in [0.2, 0.25) is 0 Å². The average Bonchev–Trinajstić information content (AvgIpc) is 2.36. The smallest absolute Gasteiger partial charge is 0.223 e. The summed E-state index contributed by atoms with van der Waals surface area (Å²) in [4.78, 5) is 12.2. The van der Waals surface area contributed by atoms with Crippen molar-refractivity contribution in [2.45, 2.75) is 18.5 Å². The third kappa shape index (κ3) is 3.72. The standard InChI is InChI=1S/C12H14N4O2S/c1-9-5-6-13-12(16-9)15-8-10-3-4-11(14-7-10)19(2,17)18/h3-7H,8H2,1-2H3,(H,13,15,16). The first-order chi connectivity index (χ1) is 8.95.